The van der Waals surface area contributed by atoms with E-state index in [-0.39, 0.29) is 11.9 Å². The van der Waals surface area contributed by atoms with Gasteiger partial charge in [0.15, 0.2) is 0 Å². The fourth-order valence-electron chi connectivity index (χ4n) is 4.76. The molecule has 0 amide bonds. The smallest absolute Gasteiger partial charge is 0.230 e. The molecule has 0 radical (unpaired) electrons. The number of aromatic hydroxyl groups is 1. The van der Waals surface area contributed by atoms with E-state index in [9.17, 15) is 5.11 Å². The minimum atomic E-state index is 0.0198. The summed E-state index contributed by atoms with van der Waals surface area (Å²) < 4.78 is 1.58. The molecule has 3 heterocycles. The van der Waals surface area contributed by atoms with E-state index in [4.69, 9.17) is 0 Å². The van der Waals surface area contributed by atoms with Gasteiger partial charge in [0.25, 0.3) is 0 Å². The van der Waals surface area contributed by atoms with Crippen LogP contribution in [0.2, 0.25) is 0 Å². The van der Waals surface area contributed by atoms with E-state index in [1.54, 1.807) is 15.9 Å². The van der Waals surface area contributed by atoms with E-state index in [0.29, 0.717) is 11.7 Å². The summed E-state index contributed by atoms with van der Waals surface area (Å²) in [6, 6.07) is 19.5. The van der Waals surface area contributed by atoms with Crippen LogP contribution in [0.1, 0.15) is 46.3 Å². The van der Waals surface area contributed by atoms with E-state index in [1.165, 1.54) is 16.7 Å². The molecule has 4 aromatic rings. The Kier molecular flexibility index (Phi) is 5.50. The number of hydrogen-bond acceptors (Lipinski definition) is 5. The highest BCUT2D eigenvalue weighted by Gasteiger charge is 2.32. The van der Waals surface area contributed by atoms with Crippen molar-refractivity contribution in [1.29, 1.82) is 0 Å². The van der Waals surface area contributed by atoms with Crippen molar-refractivity contribution < 1.29 is 5.11 Å². The second-order valence-electron chi connectivity index (χ2n) is 8.63. The Morgan fingerprint density at radius 3 is 2.55 bits per heavy atom. The Hall–Kier alpha value is -2.70. The summed E-state index contributed by atoms with van der Waals surface area (Å²) in [4.78, 5) is 8.69. The zero-order chi connectivity index (χ0) is 21.4. The zero-order valence-electron chi connectivity index (χ0n) is 18.0. The van der Waals surface area contributed by atoms with Gasteiger partial charge in [0.1, 0.15) is 5.82 Å². The van der Waals surface area contributed by atoms with Crippen LogP contribution >= 0.6 is 11.3 Å². The summed E-state index contributed by atoms with van der Waals surface area (Å²) in [6.45, 7) is 6.01. The van der Waals surface area contributed by atoms with Gasteiger partial charge in [-0.05, 0) is 63.2 Å². The number of aromatic nitrogens is 3. The van der Waals surface area contributed by atoms with Crippen LogP contribution in [0.4, 0.5) is 0 Å². The quantitative estimate of drug-likeness (QED) is 0.473. The molecular weight excluding hydrogens is 404 g/mol. The molecule has 160 valence electrons. The summed E-state index contributed by atoms with van der Waals surface area (Å²) in [5.41, 5.74) is 3.88. The van der Waals surface area contributed by atoms with Gasteiger partial charge in [0.2, 0.25) is 10.8 Å². The molecule has 0 aliphatic carbocycles. The first-order valence-electron chi connectivity index (χ1n) is 11.0. The number of hydrogen-bond donors (Lipinski definition) is 1. The molecule has 0 saturated carbocycles. The first-order valence-corrected chi connectivity index (χ1v) is 11.8. The van der Waals surface area contributed by atoms with Crippen molar-refractivity contribution in [2.75, 3.05) is 13.1 Å². The summed E-state index contributed by atoms with van der Waals surface area (Å²) in [5, 5.41) is 15.4. The second-order valence-corrected chi connectivity index (χ2v) is 9.64. The van der Waals surface area contributed by atoms with Gasteiger partial charge in [-0.2, -0.15) is 4.52 Å². The Morgan fingerprint density at radius 1 is 1.06 bits per heavy atom. The lowest BCUT2D eigenvalue weighted by Crippen LogP contribution is -2.37. The van der Waals surface area contributed by atoms with Crippen molar-refractivity contribution in [3.05, 3.63) is 82.0 Å². The van der Waals surface area contributed by atoms with Crippen molar-refractivity contribution in [2.24, 2.45) is 5.92 Å². The van der Waals surface area contributed by atoms with Crippen molar-refractivity contribution in [3.8, 4) is 5.88 Å². The molecule has 0 unspecified atom stereocenters. The van der Waals surface area contributed by atoms with Crippen LogP contribution in [0.25, 0.3) is 4.96 Å². The van der Waals surface area contributed by atoms with Crippen molar-refractivity contribution in [3.63, 3.8) is 0 Å². The van der Waals surface area contributed by atoms with E-state index in [1.807, 2.05) is 6.92 Å². The molecule has 6 heteroatoms. The SMILES string of the molecule is Cc1cccc([C@H](c2sc3nc(C)nn3c2O)N2CCC(Cc3ccccc3)CC2)c1. The first-order chi connectivity index (χ1) is 15.1. The van der Waals surface area contributed by atoms with Crippen LogP contribution in [0.3, 0.4) is 0 Å². The van der Waals surface area contributed by atoms with Gasteiger partial charge in [-0.3, -0.25) is 4.90 Å². The third-order valence-electron chi connectivity index (χ3n) is 6.29. The molecule has 0 bridgehead atoms. The number of nitrogens with zero attached hydrogens (tertiary/aromatic N) is 4. The Balaban J connectivity index is 1.43. The summed E-state index contributed by atoms with van der Waals surface area (Å²) in [7, 11) is 0. The second kappa shape index (κ2) is 8.44. The maximum Gasteiger partial charge on any atom is 0.230 e. The van der Waals surface area contributed by atoms with Gasteiger partial charge < -0.3 is 5.11 Å². The molecule has 1 saturated heterocycles. The van der Waals surface area contributed by atoms with Gasteiger partial charge in [-0.15, -0.1) is 5.10 Å². The zero-order valence-corrected chi connectivity index (χ0v) is 18.8. The van der Waals surface area contributed by atoms with Gasteiger partial charge in [0, 0.05) is 0 Å². The number of rotatable bonds is 5. The van der Waals surface area contributed by atoms with Gasteiger partial charge in [0.05, 0.1) is 10.9 Å². The summed E-state index contributed by atoms with van der Waals surface area (Å²) in [6.07, 6.45) is 3.47. The molecule has 1 aliphatic rings. The third-order valence-corrected chi connectivity index (χ3v) is 7.37. The van der Waals surface area contributed by atoms with E-state index < -0.39 is 0 Å². The molecule has 2 aromatic heterocycles. The van der Waals surface area contributed by atoms with Crippen molar-refractivity contribution in [2.45, 2.75) is 39.2 Å². The number of benzene rings is 2. The molecule has 0 spiro atoms. The first kappa shape index (κ1) is 20.2. The van der Waals surface area contributed by atoms with Gasteiger partial charge in [-0.1, -0.05) is 71.5 Å². The van der Waals surface area contributed by atoms with Crippen LogP contribution in [-0.2, 0) is 6.42 Å². The monoisotopic (exact) mass is 432 g/mol. The van der Waals surface area contributed by atoms with E-state index in [2.05, 4.69) is 76.5 Å². The number of thiazole rings is 1. The molecule has 2 aromatic carbocycles. The lowest BCUT2D eigenvalue weighted by molar-refractivity contribution is 0.150. The molecule has 1 atom stereocenters. The fourth-order valence-corrected chi connectivity index (χ4v) is 5.92. The fraction of sp³-hybridized carbons (Fsp3) is 0.360. The highest BCUT2D eigenvalue weighted by Crippen LogP contribution is 2.41. The number of likely N-dealkylation sites (tertiary alicyclic amines) is 1. The maximum absolute atomic E-state index is 11.0. The molecular formula is C25H28N4OS. The van der Waals surface area contributed by atoms with E-state index in [0.717, 1.165) is 42.2 Å². The predicted octanol–water partition coefficient (Wildman–Crippen LogP) is 5.16. The van der Waals surface area contributed by atoms with Crippen molar-refractivity contribution >= 4 is 16.3 Å². The largest absolute Gasteiger partial charge is 0.492 e. The highest BCUT2D eigenvalue weighted by molar-refractivity contribution is 7.17. The predicted molar refractivity (Wildman–Crippen MR) is 125 cm³/mol. The molecule has 1 fully saturated rings. The number of piperidine rings is 1. The maximum atomic E-state index is 11.0. The highest BCUT2D eigenvalue weighted by atomic mass is 32.1. The topological polar surface area (TPSA) is 53.7 Å². The minimum Gasteiger partial charge on any atom is -0.492 e. The van der Waals surface area contributed by atoms with Crippen LogP contribution < -0.4 is 0 Å². The average Bonchev–Trinajstić information content (AvgIpc) is 3.27. The summed E-state index contributed by atoms with van der Waals surface area (Å²) >= 11 is 1.55. The number of aryl methyl sites for hydroxylation is 2. The molecule has 5 rings (SSSR count). The Labute approximate surface area is 187 Å². The number of fused-ring (bicyclic) bond motifs is 1. The van der Waals surface area contributed by atoms with Crippen LogP contribution in [0.5, 0.6) is 5.88 Å². The average molecular weight is 433 g/mol. The Bertz CT molecular complexity index is 1170. The summed E-state index contributed by atoms with van der Waals surface area (Å²) in [5.74, 6) is 1.61. The molecule has 31 heavy (non-hydrogen) atoms. The molecule has 5 nitrogen and oxygen atoms in total. The minimum absolute atomic E-state index is 0.0198. The Morgan fingerprint density at radius 2 is 1.84 bits per heavy atom. The third kappa shape index (κ3) is 4.10. The van der Waals surface area contributed by atoms with Gasteiger partial charge >= 0.3 is 0 Å². The van der Waals surface area contributed by atoms with Crippen LogP contribution in [0.15, 0.2) is 54.6 Å². The standard InChI is InChI=1S/C25H28N4OS/c1-17-7-6-10-21(15-17)22(23-24(30)29-25(31-23)26-18(2)27-29)28-13-11-20(12-14-28)16-19-8-4-3-5-9-19/h3-10,15,20,22,30H,11-14,16H2,1-2H3/t22-/m1/s1. The van der Waals surface area contributed by atoms with Crippen LogP contribution in [-0.4, -0.2) is 37.7 Å². The lowest BCUT2D eigenvalue weighted by Gasteiger charge is -2.37. The van der Waals surface area contributed by atoms with Gasteiger partial charge in [-0.25, -0.2) is 4.98 Å². The normalized spacial score (nSPS) is 16.7. The molecule has 1 aliphatic heterocycles. The molecule has 1 N–H and O–H groups in total. The van der Waals surface area contributed by atoms with Crippen molar-refractivity contribution in [1.82, 2.24) is 19.5 Å². The lowest BCUT2D eigenvalue weighted by atomic mass is 9.88. The van der Waals surface area contributed by atoms with E-state index >= 15 is 0 Å². The van der Waals surface area contributed by atoms with Crippen LogP contribution in [0, 0.1) is 19.8 Å².